The number of ether oxygens (including phenoxy) is 1. The molecule has 5 nitrogen and oxygen atoms in total. The Morgan fingerprint density at radius 3 is 2.57 bits per heavy atom. The molecular formula is C22H28FN3O2. The van der Waals surface area contributed by atoms with Crippen LogP contribution in [0.1, 0.15) is 12.0 Å². The quantitative estimate of drug-likeness (QED) is 0.709. The van der Waals surface area contributed by atoms with Crippen LogP contribution in [-0.2, 0) is 4.79 Å². The molecule has 1 aliphatic rings. The lowest BCUT2D eigenvalue weighted by Gasteiger charge is -2.34. The highest BCUT2D eigenvalue weighted by Crippen LogP contribution is 2.13. The first-order valence-corrected chi connectivity index (χ1v) is 9.78. The molecule has 1 amide bonds. The predicted molar refractivity (Wildman–Crippen MR) is 109 cm³/mol. The van der Waals surface area contributed by atoms with Crippen LogP contribution in [0.2, 0.25) is 0 Å². The molecule has 0 spiro atoms. The fourth-order valence-corrected chi connectivity index (χ4v) is 3.32. The van der Waals surface area contributed by atoms with Gasteiger partial charge in [0.15, 0.2) is 0 Å². The normalized spacial score (nSPS) is 15.4. The second-order valence-corrected chi connectivity index (χ2v) is 7.19. The molecule has 1 saturated heterocycles. The molecule has 1 aliphatic heterocycles. The molecule has 3 rings (SSSR count). The van der Waals surface area contributed by atoms with Gasteiger partial charge in [0.05, 0.1) is 13.2 Å². The first-order chi connectivity index (χ1) is 13.6. The van der Waals surface area contributed by atoms with Crippen LogP contribution in [0, 0.1) is 12.7 Å². The molecule has 1 fully saturated rings. The van der Waals surface area contributed by atoms with Crippen molar-refractivity contribution < 1.29 is 13.9 Å². The third kappa shape index (κ3) is 6.62. The van der Waals surface area contributed by atoms with Crippen molar-refractivity contribution in [2.45, 2.75) is 13.3 Å². The van der Waals surface area contributed by atoms with E-state index in [0.29, 0.717) is 18.8 Å². The molecule has 2 aromatic rings. The number of anilines is 1. The molecule has 0 unspecified atom stereocenters. The standard InChI is InChI=1S/C22H28FN3O2/c1-18-5-2-8-21(15-18)28-14-4-9-25-10-12-26(13-11-25)17-22(27)24-20-7-3-6-19(23)16-20/h2-3,5-8,15-16H,4,9-14,17H2,1H3,(H,24,27). The second kappa shape index (κ2) is 10.2. The Kier molecular flexibility index (Phi) is 7.39. The first kappa shape index (κ1) is 20.3. The minimum atomic E-state index is -0.349. The van der Waals surface area contributed by atoms with E-state index in [1.165, 1.54) is 17.7 Å². The zero-order valence-corrected chi connectivity index (χ0v) is 16.4. The van der Waals surface area contributed by atoms with Crippen molar-refractivity contribution in [2.24, 2.45) is 0 Å². The van der Waals surface area contributed by atoms with Gasteiger partial charge in [-0.1, -0.05) is 18.2 Å². The number of benzene rings is 2. The van der Waals surface area contributed by atoms with Crippen LogP contribution in [0.4, 0.5) is 10.1 Å². The summed E-state index contributed by atoms with van der Waals surface area (Å²) in [6, 6.07) is 14.1. The topological polar surface area (TPSA) is 44.8 Å². The Labute approximate surface area is 166 Å². The molecule has 150 valence electrons. The van der Waals surface area contributed by atoms with Crippen LogP contribution in [-0.4, -0.2) is 61.6 Å². The number of hydrogen-bond donors (Lipinski definition) is 1. The zero-order chi connectivity index (χ0) is 19.8. The summed E-state index contributed by atoms with van der Waals surface area (Å²) in [7, 11) is 0. The smallest absolute Gasteiger partial charge is 0.238 e. The number of carbonyl (C=O) groups excluding carboxylic acids is 1. The van der Waals surface area contributed by atoms with Crippen LogP contribution < -0.4 is 10.1 Å². The number of rotatable bonds is 8. The lowest BCUT2D eigenvalue weighted by atomic mass is 10.2. The highest BCUT2D eigenvalue weighted by molar-refractivity contribution is 5.92. The van der Waals surface area contributed by atoms with Gasteiger partial charge in [0.25, 0.3) is 0 Å². The van der Waals surface area contributed by atoms with Crippen molar-refractivity contribution in [3.05, 3.63) is 59.9 Å². The van der Waals surface area contributed by atoms with E-state index in [-0.39, 0.29) is 11.7 Å². The van der Waals surface area contributed by atoms with Crippen molar-refractivity contribution in [1.29, 1.82) is 0 Å². The second-order valence-electron chi connectivity index (χ2n) is 7.19. The Morgan fingerprint density at radius 2 is 1.82 bits per heavy atom. The van der Waals surface area contributed by atoms with Gasteiger partial charge in [0, 0.05) is 38.4 Å². The maximum Gasteiger partial charge on any atom is 0.238 e. The summed E-state index contributed by atoms with van der Waals surface area (Å²) >= 11 is 0. The van der Waals surface area contributed by atoms with Gasteiger partial charge in [-0.15, -0.1) is 0 Å². The number of piperazine rings is 1. The Hall–Kier alpha value is -2.44. The molecular weight excluding hydrogens is 357 g/mol. The van der Waals surface area contributed by atoms with Gasteiger partial charge >= 0.3 is 0 Å². The molecule has 0 radical (unpaired) electrons. The third-order valence-corrected chi connectivity index (χ3v) is 4.82. The zero-order valence-electron chi connectivity index (χ0n) is 16.4. The summed E-state index contributed by atoms with van der Waals surface area (Å²) in [5.74, 6) is 0.470. The summed E-state index contributed by atoms with van der Waals surface area (Å²) in [5.41, 5.74) is 1.70. The summed E-state index contributed by atoms with van der Waals surface area (Å²) in [6.07, 6.45) is 0.980. The molecule has 6 heteroatoms. The van der Waals surface area contributed by atoms with Crippen molar-refractivity contribution >= 4 is 11.6 Å². The van der Waals surface area contributed by atoms with E-state index < -0.39 is 0 Å². The summed E-state index contributed by atoms with van der Waals surface area (Å²) in [6.45, 7) is 7.69. The van der Waals surface area contributed by atoms with Gasteiger partial charge in [0.2, 0.25) is 5.91 Å². The maximum absolute atomic E-state index is 13.2. The predicted octanol–water partition coefficient (Wildman–Crippen LogP) is 3.16. The molecule has 0 aromatic heterocycles. The minimum Gasteiger partial charge on any atom is -0.494 e. The van der Waals surface area contributed by atoms with Gasteiger partial charge in [0.1, 0.15) is 11.6 Å². The maximum atomic E-state index is 13.2. The molecule has 2 aromatic carbocycles. The average Bonchev–Trinajstić information content (AvgIpc) is 2.66. The van der Waals surface area contributed by atoms with Crippen LogP contribution in [0.25, 0.3) is 0 Å². The van der Waals surface area contributed by atoms with Crippen LogP contribution in [0.5, 0.6) is 5.75 Å². The van der Waals surface area contributed by atoms with Gasteiger partial charge in [-0.2, -0.15) is 0 Å². The van der Waals surface area contributed by atoms with Crippen molar-refractivity contribution in [3.8, 4) is 5.75 Å². The Balaban J connectivity index is 1.30. The number of hydrogen-bond acceptors (Lipinski definition) is 4. The molecule has 28 heavy (non-hydrogen) atoms. The van der Waals surface area contributed by atoms with Gasteiger partial charge in [-0.05, 0) is 49.2 Å². The minimum absolute atomic E-state index is 0.106. The van der Waals surface area contributed by atoms with E-state index in [1.807, 2.05) is 18.2 Å². The highest BCUT2D eigenvalue weighted by Gasteiger charge is 2.18. The molecule has 0 saturated carbocycles. The molecule has 1 heterocycles. The van der Waals surface area contributed by atoms with E-state index in [0.717, 1.165) is 44.9 Å². The average molecular weight is 385 g/mol. The molecule has 0 atom stereocenters. The first-order valence-electron chi connectivity index (χ1n) is 9.78. The number of nitrogens with zero attached hydrogens (tertiary/aromatic N) is 2. The lowest BCUT2D eigenvalue weighted by Crippen LogP contribution is -2.48. The van der Waals surface area contributed by atoms with Crippen LogP contribution in [0.3, 0.4) is 0 Å². The number of carbonyl (C=O) groups is 1. The number of nitrogens with one attached hydrogen (secondary N) is 1. The number of halogens is 1. The van der Waals surface area contributed by atoms with Crippen LogP contribution >= 0.6 is 0 Å². The van der Waals surface area contributed by atoms with E-state index >= 15 is 0 Å². The van der Waals surface area contributed by atoms with E-state index in [1.54, 1.807) is 12.1 Å². The third-order valence-electron chi connectivity index (χ3n) is 4.82. The van der Waals surface area contributed by atoms with Gasteiger partial charge < -0.3 is 15.0 Å². The summed E-state index contributed by atoms with van der Waals surface area (Å²) < 4.78 is 19.0. The molecule has 1 N–H and O–H groups in total. The van der Waals surface area contributed by atoms with E-state index in [9.17, 15) is 9.18 Å². The van der Waals surface area contributed by atoms with Gasteiger partial charge in [-0.3, -0.25) is 9.69 Å². The Morgan fingerprint density at radius 1 is 1.07 bits per heavy atom. The lowest BCUT2D eigenvalue weighted by molar-refractivity contribution is -0.117. The van der Waals surface area contributed by atoms with Crippen LogP contribution in [0.15, 0.2) is 48.5 Å². The monoisotopic (exact) mass is 385 g/mol. The fraction of sp³-hybridized carbons (Fsp3) is 0.409. The Bertz CT molecular complexity index is 776. The molecule has 0 aliphatic carbocycles. The van der Waals surface area contributed by atoms with Crippen molar-refractivity contribution in [3.63, 3.8) is 0 Å². The van der Waals surface area contributed by atoms with E-state index in [4.69, 9.17) is 4.74 Å². The number of amides is 1. The number of aryl methyl sites for hydroxylation is 1. The largest absolute Gasteiger partial charge is 0.494 e. The van der Waals surface area contributed by atoms with Gasteiger partial charge in [-0.25, -0.2) is 4.39 Å². The summed E-state index contributed by atoms with van der Waals surface area (Å²) in [5, 5.41) is 2.75. The van der Waals surface area contributed by atoms with E-state index in [2.05, 4.69) is 28.1 Å². The fourth-order valence-electron chi connectivity index (χ4n) is 3.32. The SMILES string of the molecule is Cc1cccc(OCCCN2CCN(CC(=O)Nc3cccc(F)c3)CC2)c1. The van der Waals surface area contributed by atoms with Crippen molar-refractivity contribution in [2.75, 3.05) is 51.2 Å². The summed E-state index contributed by atoms with van der Waals surface area (Å²) in [4.78, 5) is 16.7. The highest BCUT2D eigenvalue weighted by atomic mass is 19.1. The van der Waals surface area contributed by atoms with Crippen molar-refractivity contribution in [1.82, 2.24) is 9.80 Å². The molecule has 0 bridgehead atoms.